The van der Waals surface area contributed by atoms with Crippen molar-refractivity contribution >= 4 is 17.9 Å². The third-order valence-electron chi connectivity index (χ3n) is 11.0. The fraction of sp³-hybridized carbons (Fsp3) is 0.554. The average molecular weight is 978 g/mol. The Bertz CT molecular complexity index is 1640. The monoisotopic (exact) mass is 977 g/mol. The van der Waals surface area contributed by atoms with Gasteiger partial charge in [0, 0.05) is 19.3 Å². The fourth-order valence-electron chi connectivity index (χ4n) is 6.90. The van der Waals surface area contributed by atoms with Crippen LogP contribution in [0.1, 0.15) is 213 Å². The Hall–Kier alpha value is -4.97. The Morgan fingerprint density at radius 1 is 0.296 bits per heavy atom. The van der Waals surface area contributed by atoms with E-state index in [0.717, 1.165) is 96.3 Å². The number of rotatable bonds is 48. The SMILES string of the molecule is CC/C=C\C/C=C\C/C=C\C/C=C\C/C=C\C/C=C\CCC(=O)OCC(COC(=O)CCCCCCCCC/C=C\CCCCCC)OC(=O)CC/C=C\C/C=C\C/C=C\C/C=C\C/C=C\C/C=C\CC. The van der Waals surface area contributed by atoms with E-state index in [4.69, 9.17) is 14.2 Å². The third-order valence-corrected chi connectivity index (χ3v) is 11.0. The standard InChI is InChI=1S/C65H100O6/c1-4-7-10-13-16-19-22-25-28-30-32-34-37-40-43-46-49-52-55-58-64(67)70-61-62(60-69-63(66)57-54-51-48-45-42-39-36-27-24-21-18-15-12-9-6-3)71-65(68)59-56-53-50-47-44-41-38-35-33-31-29-26-23-20-17-14-11-8-5-2/h7-8,10-11,16-17,19-21,24-26,28-29,32-35,40-41,43-44,49-50,52-53,62H,4-6,9,12-15,18,22-23,27,30-31,36-39,42,45-48,51,54-61H2,1-3H3/b10-7-,11-8-,19-16-,20-17-,24-21-,28-25-,29-26-,34-32-,35-33-,43-40-,44-41-,52-49-,53-50-. The first-order valence-corrected chi connectivity index (χ1v) is 28.0. The summed E-state index contributed by atoms with van der Waals surface area (Å²) in [7, 11) is 0. The summed E-state index contributed by atoms with van der Waals surface area (Å²) >= 11 is 0. The molecule has 0 amide bonds. The highest BCUT2D eigenvalue weighted by atomic mass is 16.6. The van der Waals surface area contributed by atoms with Crippen LogP contribution >= 0.6 is 0 Å². The predicted octanol–water partition coefficient (Wildman–Crippen LogP) is 19.0. The summed E-state index contributed by atoms with van der Waals surface area (Å²) in [5.41, 5.74) is 0. The number of carbonyl (C=O) groups excluding carboxylic acids is 3. The van der Waals surface area contributed by atoms with E-state index in [2.05, 4.69) is 154 Å². The van der Waals surface area contributed by atoms with Crippen LogP contribution in [0, 0.1) is 0 Å². The van der Waals surface area contributed by atoms with Gasteiger partial charge in [-0.1, -0.05) is 230 Å². The zero-order chi connectivity index (χ0) is 51.4. The summed E-state index contributed by atoms with van der Waals surface area (Å²) in [4.78, 5) is 38.1. The van der Waals surface area contributed by atoms with Crippen molar-refractivity contribution < 1.29 is 28.6 Å². The first-order chi connectivity index (χ1) is 35.0. The van der Waals surface area contributed by atoms with Crippen LogP contribution in [0.3, 0.4) is 0 Å². The molecule has 0 aliphatic heterocycles. The number of unbranched alkanes of at least 4 members (excludes halogenated alkanes) is 11. The van der Waals surface area contributed by atoms with Crippen LogP contribution in [-0.2, 0) is 28.6 Å². The number of hydrogen-bond donors (Lipinski definition) is 0. The first kappa shape index (κ1) is 66.0. The van der Waals surface area contributed by atoms with Crippen molar-refractivity contribution in [3.63, 3.8) is 0 Å². The van der Waals surface area contributed by atoms with Gasteiger partial charge in [0.25, 0.3) is 0 Å². The van der Waals surface area contributed by atoms with Gasteiger partial charge in [-0.25, -0.2) is 0 Å². The summed E-state index contributed by atoms with van der Waals surface area (Å²) < 4.78 is 16.7. The van der Waals surface area contributed by atoms with Crippen molar-refractivity contribution in [3.8, 4) is 0 Å². The molecule has 71 heavy (non-hydrogen) atoms. The lowest BCUT2D eigenvalue weighted by atomic mass is 10.1. The number of ether oxygens (including phenoxy) is 3. The van der Waals surface area contributed by atoms with E-state index >= 15 is 0 Å². The molecule has 0 N–H and O–H groups in total. The van der Waals surface area contributed by atoms with Gasteiger partial charge >= 0.3 is 17.9 Å². The van der Waals surface area contributed by atoms with E-state index < -0.39 is 12.1 Å². The topological polar surface area (TPSA) is 78.9 Å². The van der Waals surface area contributed by atoms with Gasteiger partial charge in [-0.15, -0.1) is 0 Å². The summed E-state index contributed by atoms with van der Waals surface area (Å²) in [5, 5.41) is 0. The summed E-state index contributed by atoms with van der Waals surface area (Å²) in [6, 6.07) is 0. The smallest absolute Gasteiger partial charge is 0.306 e. The second kappa shape index (κ2) is 57.6. The molecule has 0 aromatic heterocycles. The molecule has 0 aromatic rings. The summed E-state index contributed by atoms with van der Waals surface area (Å²) in [5.74, 6) is -1.13. The van der Waals surface area contributed by atoms with Gasteiger partial charge in [0.2, 0.25) is 0 Å². The maximum atomic E-state index is 12.8. The number of hydrogen-bond acceptors (Lipinski definition) is 6. The maximum absolute atomic E-state index is 12.8. The molecule has 0 aliphatic carbocycles. The number of allylic oxidation sites excluding steroid dienone is 26. The van der Waals surface area contributed by atoms with Crippen molar-refractivity contribution in [3.05, 3.63) is 158 Å². The average Bonchev–Trinajstić information content (AvgIpc) is 3.37. The lowest BCUT2D eigenvalue weighted by molar-refractivity contribution is -0.166. The number of carbonyl (C=O) groups is 3. The van der Waals surface area contributed by atoms with Crippen molar-refractivity contribution in [2.75, 3.05) is 13.2 Å². The molecule has 0 aromatic carbocycles. The lowest BCUT2D eigenvalue weighted by Crippen LogP contribution is -2.30. The second-order valence-corrected chi connectivity index (χ2v) is 17.7. The highest BCUT2D eigenvalue weighted by Gasteiger charge is 2.19. The van der Waals surface area contributed by atoms with E-state index in [-0.39, 0.29) is 38.0 Å². The van der Waals surface area contributed by atoms with E-state index in [0.29, 0.717) is 19.3 Å². The largest absolute Gasteiger partial charge is 0.462 e. The lowest BCUT2D eigenvalue weighted by Gasteiger charge is -2.18. The van der Waals surface area contributed by atoms with Crippen LogP contribution in [0.4, 0.5) is 0 Å². The van der Waals surface area contributed by atoms with Gasteiger partial charge in [0.15, 0.2) is 6.10 Å². The van der Waals surface area contributed by atoms with Gasteiger partial charge in [-0.3, -0.25) is 14.4 Å². The molecule has 0 saturated heterocycles. The van der Waals surface area contributed by atoms with Crippen LogP contribution in [0.5, 0.6) is 0 Å². The van der Waals surface area contributed by atoms with Crippen LogP contribution in [-0.4, -0.2) is 37.2 Å². The minimum atomic E-state index is -0.859. The molecular weight excluding hydrogens is 877 g/mol. The fourth-order valence-corrected chi connectivity index (χ4v) is 6.90. The van der Waals surface area contributed by atoms with Crippen molar-refractivity contribution in [1.82, 2.24) is 0 Å². The Labute approximate surface area is 435 Å². The highest BCUT2D eigenvalue weighted by Crippen LogP contribution is 2.12. The van der Waals surface area contributed by atoms with Crippen molar-refractivity contribution in [1.29, 1.82) is 0 Å². The van der Waals surface area contributed by atoms with Crippen molar-refractivity contribution in [2.45, 2.75) is 219 Å². The Kier molecular flexibility index (Phi) is 53.6. The van der Waals surface area contributed by atoms with Gasteiger partial charge in [-0.05, 0) is 122 Å². The van der Waals surface area contributed by atoms with Gasteiger partial charge in [-0.2, -0.15) is 0 Å². The highest BCUT2D eigenvalue weighted by molar-refractivity contribution is 5.71. The molecule has 0 radical (unpaired) electrons. The minimum absolute atomic E-state index is 0.141. The molecule has 0 saturated carbocycles. The molecular formula is C65H100O6. The molecule has 0 bridgehead atoms. The summed E-state index contributed by atoms with van der Waals surface area (Å²) in [6.07, 6.45) is 83.9. The molecule has 396 valence electrons. The first-order valence-electron chi connectivity index (χ1n) is 28.0. The van der Waals surface area contributed by atoms with Crippen LogP contribution in [0.25, 0.3) is 0 Å². The minimum Gasteiger partial charge on any atom is -0.462 e. The zero-order valence-electron chi connectivity index (χ0n) is 45.2. The van der Waals surface area contributed by atoms with Gasteiger partial charge < -0.3 is 14.2 Å². The number of esters is 3. The summed E-state index contributed by atoms with van der Waals surface area (Å²) in [6.45, 7) is 6.25. The van der Waals surface area contributed by atoms with E-state index in [1.165, 1.54) is 64.2 Å². The molecule has 0 aliphatic rings. The predicted molar refractivity (Wildman–Crippen MR) is 306 cm³/mol. The zero-order valence-corrected chi connectivity index (χ0v) is 45.2. The van der Waals surface area contributed by atoms with Gasteiger partial charge in [0.1, 0.15) is 13.2 Å². The molecule has 1 unspecified atom stereocenters. The molecule has 0 fully saturated rings. The molecule has 6 heteroatoms. The molecule has 0 rings (SSSR count). The van der Waals surface area contributed by atoms with Crippen LogP contribution in [0.2, 0.25) is 0 Å². The van der Waals surface area contributed by atoms with Crippen LogP contribution in [0.15, 0.2) is 158 Å². The van der Waals surface area contributed by atoms with Crippen molar-refractivity contribution in [2.24, 2.45) is 0 Å². The van der Waals surface area contributed by atoms with E-state index in [1.807, 2.05) is 24.3 Å². The second-order valence-electron chi connectivity index (χ2n) is 17.7. The molecule has 0 spiro atoms. The van der Waals surface area contributed by atoms with E-state index in [9.17, 15) is 14.4 Å². The Morgan fingerprint density at radius 3 is 0.944 bits per heavy atom. The Balaban J connectivity index is 4.66. The normalized spacial score (nSPS) is 13.3. The van der Waals surface area contributed by atoms with Crippen LogP contribution < -0.4 is 0 Å². The van der Waals surface area contributed by atoms with Gasteiger partial charge in [0.05, 0.1) is 0 Å². The Morgan fingerprint density at radius 2 is 0.577 bits per heavy atom. The van der Waals surface area contributed by atoms with E-state index in [1.54, 1.807) is 0 Å². The quantitative estimate of drug-likeness (QED) is 0.0262. The molecule has 6 nitrogen and oxygen atoms in total. The maximum Gasteiger partial charge on any atom is 0.306 e. The molecule has 1 atom stereocenters. The third kappa shape index (κ3) is 55.8. The molecule has 0 heterocycles.